The number of anilines is 1. The van der Waals surface area contributed by atoms with E-state index in [4.69, 9.17) is 5.73 Å². The van der Waals surface area contributed by atoms with Crippen molar-refractivity contribution in [1.29, 1.82) is 0 Å². The number of benzene rings is 1. The third kappa shape index (κ3) is 2.65. The summed E-state index contributed by atoms with van der Waals surface area (Å²) in [4.78, 5) is 0. The fraction of sp³-hybridized carbons (Fsp3) is 0.231. The van der Waals surface area contributed by atoms with Gasteiger partial charge < -0.3 is 15.6 Å². The van der Waals surface area contributed by atoms with E-state index in [1.807, 2.05) is 19.2 Å². The monoisotopic (exact) mass is 233 g/mol. The van der Waals surface area contributed by atoms with Crippen LogP contribution < -0.4 is 11.1 Å². The molecule has 1 aromatic heterocycles. The molecule has 3 nitrogen and oxygen atoms in total. The minimum absolute atomic E-state index is 0.222. The number of hydrogen-bond donors (Lipinski definition) is 2. The van der Waals surface area contributed by atoms with Gasteiger partial charge in [-0.2, -0.15) is 0 Å². The van der Waals surface area contributed by atoms with Crippen LogP contribution in [0.25, 0.3) is 0 Å². The first-order valence-corrected chi connectivity index (χ1v) is 5.53. The van der Waals surface area contributed by atoms with E-state index in [9.17, 15) is 4.39 Å². The highest BCUT2D eigenvalue weighted by Crippen LogP contribution is 2.12. The highest BCUT2D eigenvalue weighted by Gasteiger charge is 2.02. The molecule has 0 amide bonds. The van der Waals surface area contributed by atoms with E-state index in [-0.39, 0.29) is 5.82 Å². The Morgan fingerprint density at radius 3 is 2.35 bits per heavy atom. The van der Waals surface area contributed by atoms with Crippen molar-refractivity contribution in [2.24, 2.45) is 12.8 Å². The highest BCUT2D eigenvalue weighted by molar-refractivity contribution is 5.43. The zero-order valence-corrected chi connectivity index (χ0v) is 9.78. The van der Waals surface area contributed by atoms with E-state index in [0.717, 1.165) is 17.1 Å². The lowest BCUT2D eigenvalue weighted by atomic mass is 10.3. The highest BCUT2D eigenvalue weighted by atomic mass is 19.1. The summed E-state index contributed by atoms with van der Waals surface area (Å²) in [6.07, 6.45) is 0. The molecule has 4 heteroatoms. The van der Waals surface area contributed by atoms with E-state index >= 15 is 0 Å². The van der Waals surface area contributed by atoms with E-state index in [1.54, 1.807) is 12.1 Å². The van der Waals surface area contributed by atoms with Crippen LogP contribution in [0, 0.1) is 5.82 Å². The van der Waals surface area contributed by atoms with Gasteiger partial charge in [0.1, 0.15) is 5.82 Å². The minimum Gasteiger partial charge on any atom is -0.379 e. The molecular weight excluding hydrogens is 217 g/mol. The number of rotatable bonds is 4. The van der Waals surface area contributed by atoms with Crippen LogP contribution in [0.1, 0.15) is 11.4 Å². The van der Waals surface area contributed by atoms with Gasteiger partial charge >= 0.3 is 0 Å². The maximum atomic E-state index is 12.7. The van der Waals surface area contributed by atoms with Crippen LogP contribution in [0.2, 0.25) is 0 Å². The fourth-order valence-electron chi connectivity index (χ4n) is 1.74. The van der Waals surface area contributed by atoms with Gasteiger partial charge in [0.2, 0.25) is 0 Å². The van der Waals surface area contributed by atoms with E-state index in [0.29, 0.717) is 13.1 Å². The lowest BCUT2D eigenvalue weighted by Gasteiger charge is -2.09. The van der Waals surface area contributed by atoms with Gasteiger partial charge in [-0.1, -0.05) is 0 Å². The Hall–Kier alpha value is -1.81. The molecule has 1 heterocycles. The molecule has 0 radical (unpaired) electrons. The van der Waals surface area contributed by atoms with Crippen molar-refractivity contribution in [2.75, 3.05) is 5.32 Å². The molecule has 0 spiro atoms. The molecule has 0 aliphatic rings. The summed E-state index contributed by atoms with van der Waals surface area (Å²) in [6, 6.07) is 10.4. The molecule has 17 heavy (non-hydrogen) atoms. The molecule has 0 fully saturated rings. The first-order valence-electron chi connectivity index (χ1n) is 5.53. The number of hydrogen-bond acceptors (Lipinski definition) is 2. The van der Waals surface area contributed by atoms with Crippen molar-refractivity contribution >= 4 is 5.69 Å². The van der Waals surface area contributed by atoms with Gasteiger partial charge in [-0.05, 0) is 36.4 Å². The summed E-state index contributed by atoms with van der Waals surface area (Å²) >= 11 is 0. The molecular formula is C13H16FN3. The van der Waals surface area contributed by atoms with Gasteiger partial charge in [0.15, 0.2) is 0 Å². The van der Waals surface area contributed by atoms with Crippen LogP contribution in [-0.4, -0.2) is 4.57 Å². The normalized spacial score (nSPS) is 10.5. The Bertz CT molecular complexity index is 488. The van der Waals surface area contributed by atoms with E-state index < -0.39 is 0 Å². The molecule has 1 aromatic carbocycles. The maximum absolute atomic E-state index is 12.7. The Labute approximate surface area is 100 Å². The van der Waals surface area contributed by atoms with Gasteiger partial charge in [-0.3, -0.25) is 0 Å². The Morgan fingerprint density at radius 1 is 1.12 bits per heavy atom. The molecule has 2 aromatic rings. The largest absolute Gasteiger partial charge is 0.379 e. The van der Waals surface area contributed by atoms with Crippen molar-refractivity contribution in [1.82, 2.24) is 4.57 Å². The summed E-state index contributed by atoms with van der Waals surface area (Å²) in [5.41, 5.74) is 8.76. The second-order valence-electron chi connectivity index (χ2n) is 3.94. The van der Waals surface area contributed by atoms with Crippen LogP contribution in [0.5, 0.6) is 0 Å². The molecule has 3 N–H and O–H groups in total. The predicted octanol–water partition coefficient (Wildman–Crippen LogP) is 2.23. The van der Waals surface area contributed by atoms with Gasteiger partial charge in [0, 0.05) is 30.7 Å². The molecule has 90 valence electrons. The Morgan fingerprint density at radius 2 is 1.76 bits per heavy atom. The summed E-state index contributed by atoms with van der Waals surface area (Å²) in [5.74, 6) is -0.222. The third-order valence-electron chi connectivity index (χ3n) is 2.86. The molecule has 0 aliphatic heterocycles. The lowest BCUT2D eigenvalue weighted by Crippen LogP contribution is -2.08. The van der Waals surface area contributed by atoms with Crippen molar-refractivity contribution in [3.05, 3.63) is 53.6 Å². The van der Waals surface area contributed by atoms with Crippen LogP contribution in [-0.2, 0) is 20.1 Å². The first kappa shape index (κ1) is 11.7. The second-order valence-corrected chi connectivity index (χ2v) is 3.94. The molecule has 0 atom stereocenters. The molecule has 2 rings (SSSR count). The zero-order valence-electron chi connectivity index (χ0n) is 9.78. The summed E-state index contributed by atoms with van der Waals surface area (Å²) in [6.45, 7) is 1.23. The van der Waals surface area contributed by atoms with E-state index in [2.05, 4.69) is 9.88 Å². The van der Waals surface area contributed by atoms with Crippen LogP contribution in [0.4, 0.5) is 10.1 Å². The van der Waals surface area contributed by atoms with E-state index in [1.165, 1.54) is 12.1 Å². The van der Waals surface area contributed by atoms with Crippen molar-refractivity contribution in [2.45, 2.75) is 13.1 Å². The molecule has 0 unspecified atom stereocenters. The zero-order chi connectivity index (χ0) is 12.3. The molecule has 0 saturated carbocycles. The topological polar surface area (TPSA) is 43.0 Å². The summed E-state index contributed by atoms with van der Waals surface area (Å²) < 4.78 is 14.8. The smallest absolute Gasteiger partial charge is 0.123 e. The Kier molecular flexibility index (Phi) is 3.44. The van der Waals surface area contributed by atoms with Crippen LogP contribution in [0.15, 0.2) is 36.4 Å². The average Bonchev–Trinajstić information content (AvgIpc) is 2.69. The van der Waals surface area contributed by atoms with Crippen LogP contribution >= 0.6 is 0 Å². The van der Waals surface area contributed by atoms with Crippen LogP contribution in [0.3, 0.4) is 0 Å². The summed E-state index contributed by atoms with van der Waals surface area (Å²) in [7, 11) is 1.99. The predicted molar refractivity (Wildman–Crippen MR) is 67.0 cm³/mol. The van der Waals surface area contributed by atoms with Gasteiger partial charge in [-0.15, -0.1) is 0 Å². The number of nitrogens with zero attached hydrogens (tertiary/aromatic N) is 1. The second kappa shape index (κ2) is 5.01. The molecule has 0 saturated heterocycles. The quantitative estimate of drug-likeness (QED) is 0.850. The standard InChI is InChI=1S/C13H16FN3/c1-17-12(8-15)6-7-13(17)9-16-11-4-2-10(14)3-5-11/h2-7,16H,8-9,15H2,1H3. The average molecular weight is 233 g/mol. The lowest BCUT2D eigenvalue weighted by molar-refractivity contribution is 0.628. The number of aromatic nitrogens is 1. The first-order chi connectivity index (χ1) is 8.20. The summed E-state index contributed by atoms with van der Waals surface area (Å²) in [5, 5.41) is 3.24. The fourth-order valence-corrected chi connectivity index (χ4v) is 1.74. The van der Waals surface area contributed by atoms with Gasteiger partial charge in [0.25, 0.3) is 0 Å². The van der Waals surface area contributed by atoms with Crippen molar-refractivity contribution < 1.29 is 4.39 Å². The molecule has 0 bridgehead atoms. The van der Waals surface area contributed by atoms with Crippen molar-refractivity contribution in [3.63, 3.8) is 0 Å². The number of nitrogens with two attached hydrogens (primary N) is 1. The third-order valence-corrected chi connectivity index (χ3v) is 2.86. The van der Waals surface area contributed by atoms with Gasteiger partial charge in [0.05, 0.1) is 6.54 Å². The van der Waals surface area contributed by atoms with Crippen molar-refractivity contribution in [3.8, 4) is 0 Å². The maximum Gasteiger partial charge on any atom is 0.123 e. The molecule has 0 aliphatic carbocycles. The Balaban J connectivity index is 2.02. The van der Waals surface area contributed by atoms with Gasteiger partial charge in [-0.25, -0.2) is 4.39 Å². The number of nitrogens with one attached hydrogen (secondary N) is 1. The SMILES string of the molecule is Cn1c(CN)ccc1CNc1ccc(F)cc1. The number of halogens is 1. The minimum atomic E-state index is -0.222.